The SMILES string of the molecule is CC[C@H](Oc1cccc(C(=O)O)c1)C(=O)O. The van der Waals surface area contributed by atoms with Crippen molar-refractivity contribution in [1.82, 2.24) is 0 Å². The number of hydrogen-bond donors (Lipinski definition) is 2. The number of hydrogen-bond acceptors (Lipinski definition) is 3. The van der Waals surface area contributed by atoms with Gasteiger partial charge in [0.2, 0.25) is 0 Å². The Morgan fingerprint density at radius 1 is 1.38 bits per heavy atom. The van der Waals surface area contributed by atoms with Gasteiger partial charge in [-0.15, -0.1) is 0 Å². The van der Waals surface area contributed by atoms with E-state index in [0.29, 0.717) is 6.42 Å². The first-order chi connectivity index (χ1) is 7.54. The van der Waals surface area contributed by atoms with E-state index in [4.69, 9.17) is 14.9 Å². The fourth-order valence-electron chi connectivity index (χ4n) is 1.18. The maximum atomic E-state index is 10.7. The summed E-state index contributed by atoms with van der Waals surface area (Å²) >= 11 is 0. The van der Waals surface area contributed by atoms with Gasteiger partial charge in [-0.25, -0.2) is 9.59 Å². The van der Waals surface area contributed by atoms with Gasteiger partial charge in [0, 0.05) is 0 Å². The van der Waals surface area contributed by atoms with Gasteiger partial charge in [-0.05, 0) is 24.6 Å². The van der Waals surface area contributed by atoms with Crippen LogP contribution in [-0.2, 0) is 4.79 Å². The van der Waals surface area contributed by atoms with Crippen LogP contribution in [0.5, 0.6) is 5.75 Å². The minimum Gasteiger partial charge on any atom is -0.479 e. The predicted octanol–water partition coefficient (Wildman–Crippen LogP) is 1.63. The van der Waals surface area contributed by atoms with Crippen molar-refractivity contribution in [2.24, 2.45) is 0 Å². The van der Waals surface area contributed by atoms with Crippen molar-refractivity contribution >= 4 is 11.9 Å². The van der Waals surface area contributed by atoms with Crippen molar-refractivity contribution in [1.29, 1.82) is 0 Å². The molecule has 16 heavy (non-hydrogen) atoms. The van der Waals surface area contributed by atoms with E-state index >= 15 is 0 Å². The minimum absolute atomic E-state index is 0.0674. The van der Waals surface area contributed by atoms with Crippen molar-refractivity contribution in [2.75, 3.05) is 0 Å². The summed E-state index contributed by atoms with van der Waals surface area (Å²) < 4.78 is 5.15. The van der Waals surface area contributed by atoms with E-state index in [1.54, 1.807) is 6.92 Å². The van der Waals surface area contributed by atoms with Crippen LogP contribution < -0.4 is 4.74 Å². The Balaban J connectivity index is 2.84. The highest BCUT2D eigenvalue weighted by molar-refractivity contribution is 5.88. The van der Waals surface area contributed by atoms with Gasteiger partial charge in [-0.2, -0.15) is 0 Å². The molecule has 0 heterocycles. The molecule has 0 aliphatic carbocycles. The molecule has 0 saturated heterocycles. The van der Waals surface area contributed by atoms with Gasteiger partial charge in [-0.1, -0.05) is 13.0 Å². The van der Waals surface area contributed by atoms with Crippen LogP contribution in [0.1, 0.15) is 23.7 Å². The lowest BCUT2D eigenvalue weighted by atomic mass is 10.2. The molecule has 0 bridgehead atoms. The van der Waals surface area contributed by atoms with Crippen LogP contribution in [0.2, 0.25) is 0 Å². The zero-order valence-electron chi connectivity index (χ0n) is 8.71. The maximum absolute atomic E-state index is 10.7. The molecule has 0 aliphatic rings. The summed E-state index contributed by atoms with van der Waals surface area (Å²) in [4.78, 5) is 21.4. The first-order valence-electron chi connectivity index (χ1n) is 4.77. The highest BCUT2D eigenvalue weighted by Crippen LogP contribution is 2.16. The van der Waals surface area contributed by atoms with E-state index in [0.717, 1.165) is 0 Å². The number of aromatic carboxylic acids is 1. The fraction of sp³-hybridized carbons (Fsp3) is 0.273. The van der Waals surface area contributed by atoms with Crippen LogP contribution in [0.4, 0.5) is 0 Å². The topological polar surface area (TPSA) is 83.8 Å². The third-order valence-electron chi connectivity index (χ3n) is 2.01. The summed E-state index contributed by atoms with van der Waals surface area (Å²) in [5.41, 5.74) is 0.0674. The van der Waals surface area contributed by atoms with Gasteiger partial charge in [0.15, 0.2) is 6.10 Å². The molecular formula is C11H12O5. The minimum atomic E-state index is -1.08. The number of carbonyl (C=O) groups is 2. The quantitative estimate of drug-likeness (QED) is 0.794. The van der Waals surface area contributed by atoms with Crippen LogP contribution in [0, 0.1) is 0 Å². The zero-order chi connectivity index (χ0) is 12.1. The Morgan fingerprint density at radius 2 is 2.06 bits per heavy atom. The lowest BCUT2D eigenvalue weighted by Crippen LogP contribution is -2.25. The number of benzene rings is 1. The standard InChI is InChI=1S/C11H12O5/c1-2-9(11(14)15)16-8-5-3-4-7(6-8)10(12)13/h3-6,9H,2H2,1H3,(H,12,13)(H,14,15)/t9-/m0/s1. The largest absolute Gasteiger partial charge is 0.479 e. The smallest absolute Gasteiger partial charge is 0.344 e. The van der Waals surface area contributed by atoms with E-state index in [1.807, 2.05) is 0 Å². The Labute approximate surface area is 92.3 Å². The Bertz CT molecular complexity index is 399. The molecule has 5 nitrogen and oxygen atoms in total. The molecule has 0 amide bonds. The van der Waals surface area contributed by atoms with Crippen LogP contribution in [-0.4, -0.2) is 28.3 Å². The molecule has 0 saturated carbocycles. The first-order valence-corrected chi connectivity index (χ1v) is 4.77. The Kier molecular flexibility index (Phi) is 3.88. The molecule has 1 atom stereocenters. The van der Waals surface area contributed by atoms with E-state index in [1.165, 1.54) is 24.3 Å². The predicted molar refractivity (Wildman–Crippen MR) is 55.7 cm³/mol. The molecule has 1 aromatic rings. The second-order valence-electron chi connectivity index (χ2n) is 3.19. The molecule has 1 rings (SSSR count). The number of carboxylic acid groups (broad SMARTS) is 2. The summed E-state index contributed by atoms with van der Waals surface area (Å²) in [5.74, 6) is -1.90. The maximum Gasteiger partial charge on any atom is 0.344 e. The molecule has 86 valence electrons. The molecule has 0 fully saturated rings. The first kappa shape index (κ1) is 12.0. The fourth-order valence-corrected chi connectivity index (χ4v) is 1.18. The van der Waals surface area contributed by atoms with Crippen LogP contribution >= 0.6 is 0 Å². The monoisotopic (exact) mass is 224 g/mol. The number of carboxylic acids is 2. The highest BCUT2D eigenvalue weighted by atomic mass is 16.5. The third kappa shape index (κ3) is 2.98. The molecule has 1 aromatic carbocycles. The van der Waals surface area contributed by atoms with Crippen molar-refractivity contribution in [3.63, 3.8) is 0 Å². The van der Waals surface area contributed by atoms with E-state index < -0.39 is 18.0 Å². The molecule has 0 unspecified atom stereocenters. The average Bonchev–Trinajstić information content (AvgIpc) is 2.25. The van der Waals surface area contributed by atoms with Gasteiger partial charge >= 0.3 is 11.9 Å². The molecule has 2 N–H and O–H groups in total. The lowest BCUT2D eigenvalue weighted by Gasteiger charge is -2.13. The second-order valence-corrected chi connectivity index (χ2v) is 3.19. The van der Waals surface area contributed by atoms with Crippen molar-refractivity contribution < 1.29 is 24.5 Å². The second kappa shape index (κ2) is 5.16. The number of aliphatic carboxylic acids is 1. The Hall–Kier alpha value is -2.04. The molecule has 0 aromatic heterocycles. The van der Waals surface area contributed by atoms with Gasteiger partial charge in [-0.3, -0.25) is 0 Å². The summed E-state index contributed by atoms with van der Waals surface area (Å²) in [5, 5.41) is 17.5. The average molecular weight is 224 g/mol. The molecule has 5 heteroatoms. The number of rotatable bonds is 5. The van der Waals surface area contributed by atoms with Gasteiger partial charge < -0.3 is 14.9 Å². The van der Waals surface area contributed by atoms with Gasteiger partial charge in [0.05, 0.1) is 5.56 Å². The van der Waals surface area contributed by atoms with E-state index in [2.05, 4.69) is 0 Å². The van der Waals surface area contributed by atoms with Gasteiger partial charge in [0.25, 0.3) is 0 Å². The van der Waals surface area contributed by atoms with E-state index in [9.17, 15) is 9.59 Å². The van der Waals surface area contributed by atoms with Crippen LogP contribution in [0.3, 0.4) is 0 Å². The summed E-state index contributed by atoms with van der Waals surface area (Å²) in [6.07, 6.45) is -0.642. The number of ether oxygens (including phenoxy) is 1. The van der Waals surface area contributed by atoms with E-state index in [-0.39, 0.29) is 11.3 Å². The highest BCUT2D eigenvalue weighted by Gasteiger charge is 2.17. The summed E-state index contributed by atoms with van der Waals surface area (Å²) in [6, 6.07) is 5.75. The lowest BCUT2D eigenvalue weighted by molar-refractivity contribution is -0.145. The third-order valence-corrected chi connectivity index (χ3v) is 2.01. The van der Waals surface area contributed by atoms with Crippen molar-refractivity contribution in [3.8, 4) is 5.75 Å². The van der Waals surface area contributed by atoms with Gasteiger partial charge in [0.1, 0.15) is 5.75 Å². The summed E-state index contributed by atoms with van der Waals surface area (Å²) in [7, 11) is 0. The molecule has 0 spiro atoms. The normalized spacial score (nSPS) is 11.8. The van der Waals surface area contributed by atoms with Crippen LogP contribution in [0.15, 0.2) is 24.3 Å². The van der Waals surface area contributed by atoms with Crippen molar-refractivity contribution in [2.45, 2.75) is 19.4 Å². The van der Waals surface area contributed by atoms with Crippen molar-refractivity contribution in [3.05, 3.63) is 29.8 Å². The molecular weight excluding hydrogens is 212 g/mol. The van der Waals surface area contributed by atoms with Crippen LogP contribution in [0.25, 0.3) is 0 Å². The zero-order valence-corrected chi connectivity index (χ0v) is 8.71. The molecule has 0 aliphatic heterocycles. The summed E-state index contributed by atoms with van der Waals surface area (Å²) in [6.45, 7) is 1.68. The molecule has 0 radical (unpaired) electrons. The Morgan fingerprint density at radius 3 is 2.56 bits per heavy atom.